The van der Waals surface area contributed by atoms with E-state index in [2.05, 4.69) is 25.3 Å². The first kappa shape index (κ1) is 12.3. The summed E-state index contributed by atoms with van der Waals surface area (Å²) in [4.78, 5) is 4.60. The Bertz CT molecular complexity index is 803. The molecule has 0 aromatic carbocycles. The van der Waals surface area contributed by atoms with E-state index >= 15 is 0 Å². The van der Waals surface area contributed by atoms with E-state index < -0.39 is 10.0 Å². The standard InChI is InChI=1S/C7H7N7O2S3/c8-11-4-5(14-1-2-17-7(14)10-4)19(15,16)13-6-12-9-3-18-6/h1-3,11H,8H2,(H,12,13). The molecule has 100 valence electrons. The molecule has 0 aliphatic carbocycles. The lowest BCUT2D eigenvalue weighted by molar-refractivity contribution is 0.597. The zero-order valence-electron chi connectivity index (χ0n) is 9.14. The SMILES string of the molecule is NNc1nc2sccn2c1S(=O)(=O)Nc1nncs1. The number of nitrogens with two attached hydrogens (primary N) is 1. The molecule has 0 unspecified atom stereocenters. The van der Waals surface area contributed by atoms with Crippen molar-refractivity contribution >= 4 is 48.6 Å². The molecule has 3 rings (SSSR count). The van der Waals surface area contributed by atoms with Gasteiger partial charge in [-0.3, -0.25) is 9.12 Å². The third-order valence-electron chi connectivity index (χ3n) is 2.19. The molecular formula is C7H7N7O2S3. The van der Waals surface area contributed by atoms with Crippen LogP contribution in [0.2, 0.25) is 0 Å². The number of nitrogens with zero attached hydrogens (tertiary/aromatic N) is 4. The van der Waals surface area contributed by atoms with E-state index in [1.165, 1.54) is 21.2 Å². The van der Waals surface area contributed by atoms with Gasteiger partial charge >= 0.3 is 0 Å². The lowest BCUT2D eigenvalue weighted by Crippen LogP contribution is -2.18. The Kier molecular flexibility index (Phi) is 2.85. The van der Waals surface area contributed by atoms with Crippen molar-refractivity contribution < 1.29 is 8.42 Å². The Morgan fingerprint density at radius 1 is 1.37 bits per heavy atom. The number of aromatic nitrogens is 4. The summed E-state index contributed by atoms with van der Waals surface area (Å²) in [5.74, 6) is 5.38. The highest BCUT2D eigenvalue weighted by Gasteiger charge is 2.26. The maximum atomic E-state index is 12.3. The Labute approximate surface area is 115 Å². The van der Waals surface area contributed by atoms with Crippen LogP contribution in [0.3, 0.4) is 0 Å². The van der Waals surface area contributed by atoms with E-state index in [-0.39, 0.29) is 16.0 Å². The predicted octanol–water partition coefficient (Wildman–Crippen LogP) is 0.334. The molecule has 0 atom stereocenters. The fourth-order valence-electron chi connectivity index (χ4n) is 1.50. The molecule has 3 aromatic rings. The summed E-state index contributed by atoms with van der Waals surface area (Å²) in [6.45, 7) is 0. The van der Waals surface area contributed by atoms with Gasteiger partial charge in [-0.15, -0.1) is 21.5 Å². The number of anilines is 2. The average Bonchev–Trinajstić information content (AvgIpc) is 3.01. The number of hydrazine groups is 1. The Hall–Kier alpha value is -1.76. The Morgan fingerprint density at radius 2 is 2.21 bits per heavy atom. The van der Waals surface area contributed by atoms with Crippen molar-refractivity contribution in [3.05, 3.63) is 17.1 Å². The van der Waals surface area contributed by atoms with Crippen molar-refractivity contribution in [1.29, 1.82) is 0 Å². The van der Waals surface area contributed by atoms with Gasteiger partial charge in [-0.25, -0.2) is 5.84 Å². The lowest BCUT2D eigenvalue weighted by Gasteiger charge is -2.05. The van der Waals surface area contributed by atoms with Crippen molar-refractivity contribution in [3.63, 3.8) is 0 Å². The molecule has 0 saturated heterocycles. The fraction of sp³-hybridized carbons (Fsp3) is 0. The molecule has 0 bridgehead atoms. The van der Waals surface area contributed by atoms with Crippen LogP contribution in [0.5, 0.6) is 0 Å². The Morgan fingerprint density at radius 3 is 2.89 bits per heavy atom. The molecule has 0 saturated carbocycles. The van der Waals surface area contributed by atoms with E-state index in [0.717, 1.165) is 11.3 Å². The summed E-state index contributed by atoms with van der Waals surface area (Å²) in [6.07, 6.45) is 1.60. The first-order valence-electron chi connectivity index (χ1n) is 4.83. The van der Waals surface area contributed by atoms with Gasteiger partial charge in [-0.1, -0.05) is 11.3 Å². The minimum Gasteiger partial charge on any atom is -0.306 e. The number of hydrogen-bond acceptors (Lipinski definition) is 9. The molecule has 9 nitrogen and oxygen atoms in total. The van der Waals surface area contributed by atoms with Gasteiger partial charge in [-0.2, -0.15) is 13.4 Å². The minimum absolute atomic E-state index is 0.0681. The van der Waals surface area contributed by atoms with E-state index in [0.29, 0.717) is 4.96 Å². The van der Waals surface area contributed by atoms with Gasteiger partial charge in [0.25, 0.3) is 10.0 Å². The van der Waals surface area contributed by atoms with Crippen molar-refractivity contribution in [2.45, 2.75) is 5.03 Å². The number of nitrogen functional groups attached to an aromatic ring is 1. The van der Waals surface area contributed by atoms with Crippen molar-refractivity contribution in [3.8, 4) is 0 Å². The molecule has 3 heterocycles. The highest BCUT2D eigenvalue weighted by Crippen LogP contribution is 2.26. The highest BCUT2D eigenvalue weighted by molar-refractivity contribution is 7.93. The van der Waals surface area contributed by atoms with E-state index in [1.807, 2.05) is 0 Å². The topological polar surface area (TPSA) is 127 Å². The smallest absolute Gasteiger partial charge is 0.283 e. The second-order valence-corrected chi connectivity index (χ2v) is 6.62. The molecule has 0 amide bonds. The maximum absolute atomic E-state index is 12.3. The number of sulfonamides is 1. The van der Waals surface area contributed by atoms with Crippen LogP contribution in [0.15, 0.2) is 22.1 Å². The van der Waals surface area contributed by atoms with Crippen LogP contribution in [0, 0.1) is 0 Å². The molecule has 0 spiro atoms. The van der Waals surface area contributed by atoms with E-state index in [4.69, 9.17) is 5.84 Å². The first-order chi connectivity index (χ1) is 9.12. The number of nitrogens with one attached hydrogen (secondary N) is 2. The lowest BCUT2D eigenvalue weighted by atomic mass is 10.7. The fourth-order valence-corrected chi connectivity index (χ4v) is 4.21. The molecule has 19 heavy (non-hydrogen) atoms. The molecular weight excluding hydrogens is 310 g/mol. The summed E-state index contributed by atoms with van der Waals surface area (Å²) < 4.78 is 28.4. The molecule has 0 aliphatic heterocycles. The second kappa shape index (κ2) is 4.41. The van der Waals surface area contributed by atoms with Gasteiger partial charge in [0, 0.05) is 11.6 Å². The largest absolute Gasteiger partial charge is 0.306 e. The normalized spacial score (nSPS) is 11.8. The number of hydrogen-bond donors (Lipinski definition) is 3. The molecule has 0 radical (unpaired) electrons. The second-order valence-electron chi connectivity index (χ2n) is 3.31. The summed E-state index contributed by atoms with van der Waals surface area (Å²) in [5, 5.41) is 9.03. The maximum Gasteiger partial charge on any atom is 0.283 e. The molecule has 0 aliphatic rings. The molecule has 3 aromatic heterocycles. The monoisotopic (exact) mass is 317 g/mol. The van der Waals surface area contributed by atoms with Crippen LogP contribution in [0.1, 0.15) is 0 Å². The first-order valence-corrected chi connectivity index (χ1v) is 8.07. The Balaban J connectivity index is 2.14. The highest BCUT2D eigenvalue weighted by atomic mass is 32.2. The summed E-state index contributed by atoms with van der Waals surface area (Å²) in [6, 6.07) is 0. The number of thiazole rings is 1. The molecule has 12 heteroatoms. The van der Waals surface area contributed by atoms with Gasteiger partial charge < -0.3 is 5.43 Å². The minimum atomic E-state index is -3.86. The van der Waals surface area contributed by atoms with Crippen LogP contribution in [-0.2, 0) is 10.0 Å². The number of rotatable bonds is 4. The van der Waals surface area contributed by atoms with Crippen molar-refractivity contribution in [2.75, 3.05) is 10.1 Å². The average molecular weight is 317 g/mol. The van der Waals surface area contributed by atoms with Crippen LogP contribution in [0.25, 0.3) is 4.96 Å². The van der Waals surface area contributed by atoms with Crippen LogP contribution in [-0.4, -0.2) is 28.0 Å². The number of fused-ring (bicyclic) bond motifs is 1. The number of imidazole rings is 1. The van der Waals surface area contributed by atoms with E-state index in [9.17, 15) is 8.42 Å². The van der Waals surface area contributed by atoms with Crippen molar-refractivity contribution in [1.82, 2.24) is 19.6 Å². The van der Waals surface area contributed by atoms with Gasteiger partial charge in [0.1, 0.15) is 5.51 Å². The van der Waals surface area contributed by atoms with Gasteiger partial charge in [-0.05, 0) is 0 Å². The third-order valence-corrected chi connectivity index (χ3v) is 5.04. The summed E-state index contributed by atoms with van der Waals surface area (Å²) in [7, 11) is -3.86. The summed E-state index contributed by atoms with van der Waals surface area (Å²) in [5.41, 5.74) is 3.71. The molecule has 4 N–H and O–H groups in total. The summed E-state index contributed by atoms with van der Waals surface area (Å²) >= 11 is 2.38. The third kappa shape index (κ3) is 2.03. The van der Waals surface area contributed by atoms with Crippen molar-refractivity contribution in [2.24, 2.45) is 5.84 Å². The van der Waals surface area contributed by atoms with Crippen LogP contribution >= 0.6 is 22.7 Å². The zero-order chi connectivity index (χ0) is 13.5. The van der Waals surface area contributed by atoms with Gasteiger partial charge in [0.05, 0.1) is 0 Å². The van der Waals surface area contributed by atoms with Crippen LogP contribution in [0.4, 0.5) is 10.9 Å². The van der Waals surface area contributed by atoms with Gasteiger partial charge in [0.2, 0.25) is 10.2 Å². The quantitative estimate of drug-likeness (QED) is 0.467. The van der Waals surface area contributed by atoms with E-state index in [1.54, 1.807) is 11.6 Å². The molecule has 0 fully saturated rings. The predicted molar refractivity (Wildman–Crippen MR) is 71.6 cm³/mol. The van der Waals surface area contributed by atoms with Gasteiger partial charge in [0.15, 0.2) is 10.8 Å². The zero-order valence-corrected chi connectivity index (χ0v) is 11.6. The van der Waals surface area contributed by atoms with Crippen LogP contribution < -0.4 is 16.0 Å².